The molecule has 5 heteroatoms. The standard InChI is InChI=1S/C24H33ClN2O2/c1-4-5-6-7-8-9-10-15-29-23-14-12-20(16-24(23)28-3)18-26-27-21-13-11-19(2)22(25)17-21/h11-14,16-18,27H,4-10,15H2,1-3H3/b26-18+. The van der Waals surface area contributed by atoms with E-state index >= 15 is 0 Å². The lowest BCUT2D eigenvalue weighted by atomic mass is 10.1. The van der Waals surface area contributed by atoms with Crippen molar-refractivity contribution >= 4 is 23.5 Å². The average molecular weight is 417 g/mol. The minimum absolute atomic E-state index is 0.716. The predicted molar refractivity (Wildman–Crippen MR) is 124 cm³/mol. The second kappa shape index (κ2) is 13.1. The van der Waals surface area contributed by atoms with E-state index < -0.39 is 0 Å². The summed E-state index contributed by atoms with van der Waals surface area (Å²) >= 11 is 6.13. The van der Waals surface area contributed by atoms with Gasteiger partial charge in [0.25, 0.3) is 0 Å². The first-order valence-electron chi connectivity index (χ1n) is 10.5. The summed E-state index contributed by atoms with van der Waals surface area (Å²) in [7, 11) is 1.66. The third-order valence-electron chi connectivity index (χ3n) is 4.77. The molecule has 0 unspecified atom stereocenters. The largest absolute Gasteiger partial charge is 0.493 e. The first-order chi connectivity index (χ1) is 14.1. The fraction of sp³-hybridized carbons (Fsp3) is 0.458. The molecule has 2 aromatic carbocycles. The number of aryl methyl sites for hydroxylation is 1. The van der Waals surface area contributed by atoms with Crippen LogP contribution in [-0.2, 0) is 0 Å². The highest BCUT2D eigenvalue weighted by atomic mass is 35.5. The van der Waals surface area contributed by atoms with Crippen LogP contribution in [0.4, 0.5) is 5.69 Å². The quantitative estimate of drug-likeness (QED) is 0.212. The second-order valence-corrected chi connectivity index (χ2v) is 7.62. The Morgan fingerprint density at radius 3 is 2.45 bits per heavy atom. The van der Waals surface area contributed by atoms with Crippen LogP contribution in [0, 0.1) is 6.92 Å². The number of hydrogen-bond donors (Lipinski definition) is 1. The topological polar surface area (TPSA) is 42.8 Å². The van der Waals surface area contributed by atoms with Crippen LogP contribution in [0.25, 0.3) is 0 Å². The van der Waals surface area contributed by atoms with Crippen molar-refractivity contribution in [1.29, 1.82) is 0 Å². The van der Waals surface area contributed by atoms with Gasteiger partial charge in [0, 0.05) is 5.02 Å². The van der Waals surface area contributed by atoms with Crippen molar-refractivity contribution in [2.24, 2.45) is 5.10 Å². The molecule has 0 aliphatic rings. The van der Waals surface area contributed by atoms with Crippen LogP contribution in [0.5, 0.6) is 11.5 Å². The molecule has 2 rings (SSSR count). The van der Waals surface area contributed by atoms with Crippen LogP contribution >= 0.6 is 11.6 Å². The van der Waals surface area contributed by atoms with Crippen molar-refractivity contribution in [2.45, 2.75) is 58.8 Å². The summed E-state index contributed by atoms with van der Waals surface area (Å²) in [6.07, 6.45) is 10.6. The van der Waals surface area contributed by atoms with Gasteiger partial charge < -0.3 is 9.47 Å². The third-order valence-corrected chi connectivity index (χ3v) is 5.18. The Morgan fingerprint density at radius 1 is 0.966 bits per heavy atom. The Labute approximate surface area is 180 Å². The highest BCUT2D eigenvalue weighted by Crippen LogP contribution is 2.28. The Hall–Kier alpha value is -2.20. The van der Waals surface area contributed by atoms with Crippen LogP contribution in [0.1, 0.15) is 63.0 Å². The Kier molecular flexibility index (Phi) is 10.4. The lowest BCUT2D eigenvalue weighted by molar-refractivity contribution is 0.284. The van der Waals surface area contributed by atoms with E-state index in [9.17, 15) is 0 Å². The number of halogens is 1. The molecular formula is C24H33ClN2O2. The van der Waals surface area contributed by atoms with E-state index in [1.165, 1.54) is 38.5 Å². The molecule has 2 aromatic rings. The van der Waals surface area contributed by atoms with Crippen molar-refractivity contribution in [3.05, 3.63) is 52.5 Å². The molecule has 0 aliphatic heterocycles. The smallest absolute Gasteiger partial charge is 0.161 e. The summed E-state index contributed by atoms with van der Waals surface area (Å²) in [6, 6.07) is 11.6. The lowest BCUT2D eigenvalue weighted by Gasteiger charge is -2.11. The molecule has 0 heterocycles. The molecule has 0 amide bonds. The Bertz CT molecular complexity index is 777. The molecule has 158 valence electrons. The van der Waals surface area contributed by atoms with Crippen molar-refractivity contribution in [1.82, 2.24) is 0 Å². The third kappa shape index (κ3) is 8.36. The maximum atomic E-state index is 6.13. The van der Waals surface area contributed by atoms with Gasteiger partial charge in [0.05, 0.1) is 25.6 Å². The van der Waals surface area contributed by atoms with Gasteiger partial charge in [-0.25, -0.2) is 0 Å². The maximum Gasteiger partial charge on any atom is 0.161 e. The van der Waals surface area contributed by atoms with E-state index in [0.717, 1.165) is 34.7 Å². The number of hydrazone groups is 1. The first-order valence-corrected chi connectivity index (χ1v) is 10.9. The normalized spacial score (nSPS) is 11.0. The van der Waals surface area contributed by atoms with Crippen molar-refractivity contribution in [2.75, 3.05) is 19.1 Å². The fourth-order valence-corrected chi connectivity index (χ4v) is 3.15. The van der Waals surface area contributed by atoms with Gasteiger partial charge in [-0.2, -0.15) is 5.10 Å². The SMILES string of the molecule is CCCCCCCCCOc1ccc(/C=N/Nc2ccc(C)c(Cl)c2)cc1OC. The van der Waals surface area contributed by atoms with Crippen LogP contribution in [-0.4, -0.2) is 19.9 Å². The molecule has 0 fully saturated rings. The van der Waals surface area contributed by atoms with Crippen LogP contribution in [0.2, 0.25) is 5.02 Å². The van der Waals surface area contributed by atoms with Gasteiger partial charge in [-0.1, -0.05) is 63.1 Å². The van der Waals surface area contributed by atoms with Gasteiger partial charge >= 0.3 is 0 Å². The fourth-order valence-electron chi connectivity index (χ4n) is 2.97. The van der Waals surface area contributed by atoms with Crippen molar-refractivity contribution in [3.63, 3.8) is 0 Å². The van der Waals surface area contributed by atoms with E-state index in [-0.39, 0.29) is 0 Å². The minimum atomic E-state index is 0.716. The van der Waals surface area contributed by atoms with E-state index in [1.54, 1.807) is 13.3 Å². The summed E-state index contributed by atoms with van der Waals surface area (Å²) in [5.74, 6) is 1.49. The van der Waals surface area contributed by atoms with Gasteiger partial charge in [0.1, 0.15) is 0 Å². The molecule has 0 aliphatic carbocycles. The van der Waals surface area contributed by atoms with E-state index in [0.29, 0.717) is 11.6 Å². The predicted octanol–water partition coefficient (Wildman–Crippen LogP) is 7.23. The van der Waals surface area contributed by atoms with Gasteiger partial charge in [-0.15, -0.1) is 0 Å². The summed E-state index contributed by atoms with van der Waals surface area (Å²) in [5.41, 5.74) is 5.80. The molecule has 29 heavy (non-hydrogen) atoms. The number of hydrogen-bond acceptors (Lipinski definition) is 4. The Morgan fingerprint density at radius 2 is 1.72 bits per heavy atom. The van der Waals surface area contributed by atoms with Crippen LogP contribution < -0.4 is 14.9 Å². The van der Waals surface area contributed by atoms with Gasteiger partial charge in [0.15, 0.2) is 11.5 Å². The van der Waals surface area contributed by atoms with Crippen LogP contribution in [0.15, 0.2) is 41.5 Å². The van der Waals surface area contributed by atoms with Crippen LogP contribution in [0.3, 0.4) is 0 Å². The molecule has 4 nitrogen and oxygen atoms in total. The number of unbranched alkanes of at least 4 members (excludes halogenated alkanes) is 6. The summed E-state index contributed by atoms with van der Waals surface area (Å²) in [5, 5.41) is 4.99. The second-order valence-electron chi connectivity index (χ2n) is 7.21. The maximum absolute atomic E-state index is 6.13. The molecule has 0 saturated heterocycles. The number of anilines is 1. The highest BCUT2D eigenvalue weighted by Gasteiger charge is 2.05. The average Bonchev–Trinajstić information content (AvgIpc) is 2.73. The number of ether oxygens (including phenoxy) is 2. The number of nitrogens with one attached hydrogen (secondary N) is 1. The van der Waals surface area contributed by atoms with E-state index in [2.05, 4.69) is 17.5 Å². The molecule has 0 bridgehead atoms. The zero-order chi connectivity index (χ0) is 20.9. The van der Waals surface area contributed by atoms with Gasteiger partial charge in [-0.05, 0) is 54.8 Å². The molecule has 0 spiro atoms. The molecule has 1 N–H and O–H groups in total. The molecule has 0 atom stereocenters. The zero-order valence-electron chi connectivity index (χ0n) is 17.8. The monoisotopic (exact) mass is 416 g/mol. The van der Waals surface area contributed by atoms with Gasteiger partial charge in [0.2, 0.25) is 0 Å². The number of methoxy groups -OCH3 is 1. The summed E-state index contributed by atoms with van der Waals surface area (Å²) in [6.45, 7) is 4.93. The number of benzene rings is 2. The lowest BCUT2D eigenvalue weighted by Crippen LogP contribution is -2.00. The van der Waals surface area contributed by atoms with E-state index in [1.807, 2.05) is 43.3 Å². The molecule has 0 saturated carbocycles. The highest BCUT2D eigenvalue weighted by molar-refractivity contribution is 6.31. The number of rotatable bonds is 13. The first kappa shape index (κ1) is 23.1. The molecular weight excluding hydrogens is 384 g/mol. The summed E-state index contributed by atoms with van der Waals surface area (Å²) < 4.78 is 11.4. The van der Waals surface area contributed by atoms with Crippen molar-refractivity contribution < 1.29 is 9.47 Å². The minimum Gasteiger partial charge on any atom is -0.493 e. The Balaban J connectivity index is 1.80. The zero-order valence-corrected chi connectivity index (χ0v) is 18.6. The molecule has 0 aromatic heterocycles. The number of nitrogens with zero attached hydrogens (tertiary/aromatic N) is 1. The van der Waals surface area contributed by atoms with E-state index in [4.69, 9.17) is 21.1 Å². The van der Waals surface area contributed by atoms with Gasteiger partial charge in [-0.3, -0.25) is 5.43 Å². The summed E-state index contributed by atoms with van der Waals surface area (Å²) in [4.78, 5) is 0. The van der Waals surface area contributed by atoms with Crippen molar-refractivity contribution in [3.8, 4) is 11.5 Å². The molecule has 0 radical (unpaired) electrons.